The van der Waals surface area contributed by atoms with Crippen molar-refractivity contribution in [1.29, 1.82) is 0 Å². The summed E-state index contributed by atoms with van der Waals surface area (Å²) in [6, 6.07) is 0. The van der Waals surface area contributed by atoms with E-state index in [9.17, 15) is 9.59 Å². The van der Waals surface area contributed by atoms with E-state index in [2.05, 4.69) is 5.32 Å². The second-order valence-corrected chi connectivity index (χ2v) is 5.37. The number of carbonyl (C=O) groups is 2. The highest BCUT2D eigenvalue weighted by Gasteiger charge is 2.13. The van der Waals surface area contributed by atoms with Crippen molar-refractivity contribution < 1.29 is 14.7 Å². The average Bonchev–Trinajstić information content (AvgIpc) is 2.48. The van der Waals surface area contributed by atoms with E-state index < -0.39 is 5.97 Å². The predicted octanol–water partition coefficient (Wildman–Crippen LogP) is 0.137. The Hall–Kier alpha value is -1.18. The maximum Gasteiger partial charge on any atom is 0.303 e. The molecule has 7 nitrogen and oxygen atoms in total. The Kier molecular flexibility index (Phi) is 14.0. The highest BCUT2D eigenvalue weighted by atomic mass is 16.4. The van der Waals surface area contributed by atoms with Crippen LogP contribution >= 0.6 is 0 Å². The molecule has 0 unspecified atom stereocenters. The van der Waals surface area contributed by atoms with E-state index in [0.717, 1.165) is 38.8 Å². The largest absolute Gasteiger partial charge is 0.481 e. The van der Waals surface area contributed by atoms with E-state index in [1.165, 1.54) is 0 Å². The van der Waals surface area contributed by atoms with E-state index in [1.807, 2.05) is 4.90 Å². The summed E-state index contributed by atoms with van der Waals surface area (Å²) < 4.78 is 0. The summed E-state index contributed by atoms with van der Waals surface area (Å²) >= 11 is 0. The lowest BCUT2D eigenvalue weighted by atomic mass is 10.2. The first kappa shape index (κ1) is 20.8. The molecule has 0 aromatic rings. The van der Waals surface area contributed by atoms with Crippen LogP contribution in [0.5, 0.6) is 0 Å². The minimum absolute atomic E-state index is 0.0331. The SMILES string of the molecule is NCCCNCCCCN(CCCN)C(=O)CCCC(=O)O. The summed E-state index contributed by atoms with van der Waals surface area (Å²) in [5.74, 6) is -0.823. The summed E-state index contributed by atoms with van der Waals surface area (Å²) in [6.45, 7) is 4.48. The number of nitrogens with zero attached hydrogens (tertiary/aromatic N) is 1. The third-order valence-electron chi connectivity index (χ3n) is 3.36. The quantitative estimate of drug-likeness (QED) is 0.319. The number of nitrogens with one attached hydrogen (secondary N) is 1. The molecule has 0 fully saturated rings. The molecule has 6 N–H and O–H groups in total. The molecule has 0 radical (unpaired) electrons. The van der Waals surface area contributed by atoms with Crippen molar-refractivity contribution >= 4 is 11.9 Å². The van der Waals surface area contributed by atoms with Crippen molar-refractivity contribution in [1.82, 2.24) is 10.2 Å². The lowest BCUT2D eigenvalue weighted by molar-refractivity contribution is -0.137. The van der Waals surface area contributed by atoms with Crippen molar-refractivity contribution in [3.05, 3.63) is 0 Å². The number of unbranched alkanes of at least 4 members (excludes halogenated alkanes) is 1. The van der Waals surface area contributed by atoms with Gasteiger partial charge in [0.25, 0.3) is 0 Å². The van der Waals surface area contributed by atoms with Crippen molar-refractivity contribution in [2.75, 3.05) is 39.3 Å². The Morgan fingerprint density at radius 2 is 1.50 bits per heavy atom. The normalized spacial score (nSPS) is 10.6. The molecule has 0 aliphatic heterocycles. The van der Waals surface area contributed by atoms with Gasteiger partial charge >= 0.3 is 5.97 Å². The summed E-state index contributed by atoms with van der Waals surface area (Å²) in [4.78, 5) is 24.4. The number of carbonyl (C=O) groups excluding carboxylic acids is 1. The molecule has 0 aromatic carbocycles. The fourth-order valence-corrected chi connectivity index (χ4v) is 2.10. The zero-order valence-corrected chi connectivity index (χ0v) is 13.6. The van der Waals surface area contributed by atoms with E-state index in [4.69, 9.17) is 16.6 Å². The predicted molar refractivity (Wildman–Crippen MR) is 87.5 cm³/mol. The minimum Gasteiger partial charge on any atom is -0.481 e. The number of rotatable bonds is 15. The van der Waals surface area contributed by atoms with Crippen LogP contribution in [0.3, 0.4) is 0 Å². The van der Waals surface area contributed by atoms with Gasteiger partial charge in [-0.1, -0.05) is 0 Å². The van der Waals surface area contributed by atoms with Gasteiger partial charge < -0.3 is 26.8 Å². The van der Waals surface area contributed by atoms with Gasteiger partial charge in [-0.25, -0.2) is 0 Å². The lowest BCUT2D eigenvalue weighted by Gasteiger charge is -2.22. The minimum atomic E-state index is -0.857. The maximum absolute atomic E-state index is 12.1. The Balaban J connectivity index is 3.90. The van der Waals surface area contributed by atoms with Crippen LogP contribution in [0.4, 0.5) is 0 Å². The highest BCUT2D eigenvalue weighted by Crippen LogP contribution is 2.04. The number of amides is 1. The van der Waals surface area contributed by atoms with Crippen molar-refractivity contribution in [2.24, 2.45) is 11.5 Å². The zero-order valence-electron chi connectivity index (χ0n) is 13.6. The van der Waals surface area contributed by atoms with Crippen LogP contribution in [0.25, 0.3) is 0 Å². The fourth-order valence-electron chi connectivity index (χ4n) is 2.10. The number of carboxylic acids is 1. The molecule has 7 heteroatoms. The molecular weight excluding hydrogens is 284 g/mol. The van der Waals surface area contributed by atoms with Gasteiger partial charge in [-0.15, -0.1) is 0 Å². The fraction of sp³-hybridized carbons (Fsp3) is 0.867. The van der Waals surface area contributed by atoms with Crippen molar-refractivity contribution in [3.63, 3.8) is 0 Å². The molecule has 0 saturated heterocycles. The molecule has 0 saturated carbocycles. The maximum atomic E-state index is 12.1. The van der Waals surface area contributed by atoms with E-state index in [0.29, 0.717) is 39.0 Å². The standard InChI is InChI=1S/C15H32N4O3/c16-8-4-11-18-10-1-2-12-19(13-5-9-17)14(20)6-3-7-15(21)22/h18H,1-13,16-17H2,(H,21,22). The van der Waals surface area contributed by atoms with Gasteiger partial charge in [-0.2, -0.15) is 0 Å². The molecule has 130 valence electrons. The summed E-state index contributed by atoms with van der Waals surface area (Å²) in [7, 11) is 0. The van der Waals surface area contributed by atoms with Gasteiger partial charge in [0.15, 0.2) is 0 Å². The Labute approximate surface area is 133 Å². The smallest absolute Gasteiger partial charge is 0.303 e. The van der Waals surface area contributed by atoms with Crippen LogP contribution < -0.4 is 16.8 Å². The molecule has 0 aliphatic rings. The monoisotopic (exact) mass is 316 g/mol. The molecule has 0 heterocycles. The molecule has 0 aromatic heterocycles. The van der Waals surface area contributed by atoms with Crippen LogP contribution in [0.2, 0.25) is 0 Å². The van der Waals surface area contributed by atoms with E-state index in [1.54, 1.807) is 0 Å². The molecule has 0 rings (SSSR count). The van der Waals surface area contributed by atoms with Gasteiger partial charge in [0.05, 0.1) is 0 Å². The highest BCUT2D eigenvalue weighted by molar-refractivity contribution is 5.77. The summed E-state index contributed by atoms with van der Waals surface area (Å²) in [5.41, 5.74) is 10.9. The Morgan fingerprint density at radius 1 is 0.864 bits per heavy atom. The molecule has 0 atom stereocenters. The van der Waals surface area contributed by atoms with Gasteiger partial charge in [0, 0.05) is 25.9 Å². The molecule has 0 bridgehead atoms. The number of carboxylic acid groups (broad SMARTS) is 1. The first-order chi connectivity index (χ1) is 10.6. The Bertz CT molecular complexity index is 301. The van der Waals surface area contributed by atoms with Crippen LogP contribution in [0.1, 0.15) is 44.9 Å². The van der Waals surface area contributed by atoms with Crippen LogP contribution in [-0.2, 0) is 9.59 Å². The van der Waals surface area contributed by atoms with E-state index in [-0.39, 0.29) is 12.3 Å². The third kappa shape index (κ3) is 12.6. The molecule has 22 heavy (non-hydrogen) atoms. The van der Waals surface area contributed by atoms with Gasteiger partial charge in [0.1, 0.15) is 0 Å². The van der Waals surface area contributed by atoms with Crippen molar-refractivity contribution in [2.45, 2.75) is 44.9 Å². The van der Waals surface area contributed by atoms with Gasteiger partial charge in [-0.05, 0) is 58.3 Å². The van der Waals surface area contributed by atoms with Gasteiger partial charge in [-0.3, -0.25) is 9.59 Å². The average molecular weight is 316 g/mol. The number of nitrogens with two attached hydrogens (primary N) is 2. The second kappa shape index (κ2) is 14.7. The summed E-state index contributed by atoms with van der Waals surface area (Å²) in [5, 5.41) is 11.9. The lowest BCUT2D eigenvalue weighted by Crippen LogP contribution is -2.34. The molecular formula is C15H32N4O3. The first-order valence-corrected chi connectivity index (χ1v) is 8.22. The number of hydrogen-bond acceptors (Lipinski definition) is 5. The first-order valence-electron chi connectivity index (χ1n) is 8.22. The van der Waals surface area contributed by atoms with Crippen molar-refractivity contribution in [3.8, 4) is 0 Å². The zero-order chi connectivity index (χ0) is 16.6. The number of hydrogen-bond donors (Lipinski definition) is 4. The molecule has 0 spiro atoms. The van der Waals surface area contributed by atoms with Crippen LogP contribution in [-0.4, -0.2) is 61.2 Å². The molecule has 1 amide bonds. The topological polar surface area (TPSA) is 122 Å². The molecule has 0 aliphatic carbocycles. The second-order valence-electron chi connectivity index (χ2n) is 5.37. The third-order valence-corrected chi connectivity index (χ3v) is 3.36. The van der Waals surface area contributed by atoms with Crippen LogP contribution in [0, 0.1) is 0 Å². The summed E-state index contributed by atoms with van der Waals surface area (Å²) in [6.07, 6.45) is 4.43. The van der Waals surface area contributed by atoms with Crippen LogP contribution in [0.15, 0.2) is 0 Å². The van der Waals surface area contributed by atoms with E-state index >= 15 is 0 Å². The Morgan fingerprint density at radius 3 is 2.14 bits per heavy atom. The number of aliphatic carboxylic acids is 1. The van der Waals surface area contributed by atoms with Gasteiger partial charge in [0.2, 0.25) is 5.91 Å².